The smallest absolute Gasteiger partial charge is 0.407 e. The zero-order valence-corrected chi connectivity index (χ0v) is 27.3. The van der Waals surface area contributed by atoms with Gasteiger partial charge in [0.15, 0.2) is 5.82 Å². The average molecular weight is 636 g/mol. The number of alkyl carbamates (subject to hydrolysis) is 1. The first-order valence-corrected chi connectivity index (χ1v) is 16.6. The lowest BCUT2D eigenvalue weighted by Gasteiger charge is -2.28. The molecule has 11 nitrogen and oxygen atoms in total. The standard InChI is InChI=1S/C36H41N7O4/c1-36(2,3)47-35(45)40-31-24-11-12-28(31)42(20-24)34(44)25-13-26-32(30(15-25)46-4)43(19-22-16-37-38-17-22)33(39-26)29-14-23-7-5-6-8-27(23)41(29)18-21-9-10-21/h5-8,13-17,21,24,28,31H,9-12,18-20H2,1-4H3,(H,37,38)(H,40,45)/t24?,28?,31-/m1/s1. The number of piperidine rings is 1. The summed E-state index contributed by atoms with van der Waals surface area (Å²) in [6, 6.07) is 14.2. The number of aromatic amines is 1. The Morgan fingerprint density at radius 3 is 2.64 bits per heavy atom. The number of para-hydroxylation sites is 1. The molecule has 2 unspecified atom stereocenters. The number of amides is 2. The van der Waals surface area contributed by atoms with Crippen LogP contribution < -0.4 is 10.1 Å². The third-order valence-electron chi connectivity index (χ3n) is 9.88. The Kier molecular flexibility index (Phi) is 7.03. The maximum Gasteiger partial charge on any atom is 0.407 e. The van der Waals surface area contributed by atoms with Crippen molar-refractivity contribution in [1.82, 2.24) is 34.5 Å². The molecule has 3 aromatic heterocycles. The first-order valence-electron chi connectivity index (χ1n) is 16.6. The van der Waals surface area contributed by atoms with E-state index >= 15 is 0 Å². The Balaban J connectivity index is 1.19. The number of carbonyl (C=O) groups excluding carboxylic acids is 2. The number of rotatable bonds is 8. The van der Waals surface area contributed by atoms with Crippen LogP contribution in [0.2, 0.25) is 0 Å². The Labute approximate surface area is 273 Å². The number of hydrogen-bond donors (Lipinski definition) is 2. The third-order valence-corrected chi connectivity index (χ3v) is 9.88. The van der Waals surface area contributed by atoms with Crippen molar-refractivity contribution in [2.24, 2.45) is 11.8 Å². The molecule has 2 aliphatic carbocycles. The number of likely N-dealkylation sites (tertiary alicyclic amines) is 1. The molecule has 47 heavy (non-hydrogen) atoms. The molecule has 3 atom stereocenters. The van der Waals surface area contributed by atoms with Gasteiger partial charge in [0.05, 0.1) is 43.1 Å². The van der Waals surface area contributed by atoms with Gasteiger partial charge in [-0.3, -0.25) is 9.89 Å². The Hall–Kier alpha value is -4.80. The Bertz CT molecular complexity index is 1980. The summed E-state index contributed by atoms with van der Waals surface area (Å²) >= 11 is 0. The molecule has 2 aromatic carbocycles. The molecule has 1 saturated heterocycles. The van der Waals surface area contributed by atoms with E-state index in [-0.39, 0.29) is 23.9 Å². The van der Waals surface area contributed by atoms with Crippen LogP contribution >= 0.6 is 0 Å². The van der Waals surface area contributed by atoms with Crippen molar-refractivity contribution in [2.45, 2.75) is 77.2 Å². The molecule has 2 N–H and O–H groups in total. The summed E-state index contributed by atoms with van der Waals surface area (Å²) in [5.41, 5.74) is 4.71. The van der Waals surface area contributed by atoms with E-state index in [9.17, 15) is 9.59 Å². The molecule has 11 heteroatoms. The highest BCUT2D eigenvalue weighted by Gasteiger charge is 2.50. The molecule has 5 aromatic rings. The SMILES string of the molecule is COc1cc(C(=O)N2CC3CCC2[C@@H]3NC(=O)OC(C)(C)C)cc2nc(-c3cc4ccccc4n3CC3CC3)n(Cc3cn[nH]c3)c12. The van der Waals surface area contributed by atoms with Gasteiger partial charge in [-0.2, -0.15) is 5.10 Å². The second kappa shape index (κ2) is 11.2. The lowest BCUT2D eigenvalue weighted by molar-refractivity contribution is 0.0485. The van der Waals surface area contributed by atoms with Crippen LogP contribution in [-0.2, 0) is 17.8 Å². The van der Waals surface area contributed by atoms with Gasteiger partial charge >= 0.3 is 6.09 Å². The predicted molar refractivity (Wildman–Crippen MR) is 178 cm³/mol. The number of hydrogen-bond acceptors (Lipinski definition) is 6. The molecule has 1 aliphatic heterocycles. The van der Waals surface area contributed by atoms with E-state index in [0.717, 1.165) is 42.0 Å². The summed E-state index contributed by atoms with van der Waals surface area (Å²) in [4.78, 5) is 34.0. The number of carbonyl (C=O) groups is 2. The summed E-state index contributed by atoms with van der Waals surface area (Å²) in [6.07, 6.45) is 7.56. The number of imidazole rings is 1. The molecule has 2 amide bonds. The molecule has 2 bridgehead atoms. The van der Waals surface area contributed by atoms with Crippen molar-refractivity contribution in [3.8, 4) is 17.3 Å². The van der Waals surface area contributed by atoms with Crippen LogP contribution in [0, 0.1) is 11.8 Å². The lowest BCUT2D eigenvalue weighted by Crippen LogP contribution is -2.46. The minimum Gasteiger partial charge on any atom is -0.494 e. The molecule has 4 heterocycles. The molecule has 244 valence electrons. The van der Waals surface area contributed by atoms with Gasteiger partial charge in [0.25, 0.3) is 5.91 Å². The second-order valence-electron chi connectivity index (χ2n) is 14.4. The molecular weight excluding hydrogens is 594 g/mol. The van der Waals surface area contributed by atoms with E-state index in [1.807, 2.05) is 50.2 Å². The average Bonchev–Trinajstić information content (AvgIpc) is 3.42. The predicted octanol–water partition coefficient (Wildman–Crippen LogP) is 5.98. The summed E-state index contributed by atoms with van der Waals surface area (Å²) in [7, 11) is 1.64. The van der Waals surface area contributed by atoms with Crippen LogP contribution in [0.15, 0.2) is 54.9 Å². The maximum absolute atomic E-state index is 14.2. The minimum absolute atomic E-state index is 0.0813. The number of benzene rings is 2. The number of nitrogens with one attached hydrogen (secondary N) is 2. The van der Waals surface area contributed by atoms with Crippen molar-refractivity contribution < 1.29 is 19.1 Å². The van der Waals surface area contributed by atoms with Crippen LogP contribution in [0.1, 0.15) is 62.4 Å². The molecular formula is C36H41N7O4. The van der Waals surface area contributed by atoms with Crippen molar-refractivity contribution in [2.75, 3.05) is 13.7 Å². The van der Waals surface area contributed by atoms with Gasteiger partial charge in [-0.1, -0.05) is 18.2 Å². The number of H-pyrrole nitrogens is 1. The van der Waals surface area contributed by atoms with Gasteiger partial charge in [0.2, 0.25) is 0 Å². The molecule has 3 fully saturated rings. The lowest BCUT2D eigenvalue weighted by atomic mass is 10.1. The van der Waals surface area contributed by atoms with E-state index in [1.54, 1.807) is 7.11 Å². The number of fused-ring (bicyclic) bond motifs is 4. The summed E-state index contributed by atoms with van der Waals surface area (Å²) in [6.45, 7) is 7.61. The van der Waals surface area contributed by atoms with Crippen LogP contribution in [0.25, 0.3) is 33.5 Å². The number of nitrogens with zero attached hydrogens (tertiary/aromatic N) is 5. The van der Waals surface area contributed by atoms with E-state index in [1.165, 1.54) is 23.7 Å². The molecule has 2 saturated carbocycles. The first-order chi connectivity index (χ1) is 22.7. The van der Waals surface area contributed by atoms with Crippen LogP contribution in [0.5, 0.6) is 5.75 Å². The highest BCUT2D eigenvalue weighted by atomic mass is 16.6. The van der Waals surface area contributed by atoms with Crippen LogP contribution in [0.4, 0.5) is 4.79 Å². The zero-order valence-electron chi connectivity index (χ0n) is 27.3. The van der Waals surface area contributed by atoms with Gasteiger partial charge in [-0.25, -0.2) is 9.78 Å². The van der Waals surface area contributed by atoms with Crippen molar-refractivity contribution in [3.05, 3.63) is 66.0 Å². The van der Waals surface area contributed by atoms with Crippen LogP contribution in [0.3, 0.4) is 0 Å². The van der Waals surface area contributed by atoms with Crippen molar-refractivity contribution in [3.63, 3.8) is 0 Å². The molecule has 0 radical (unpaired) electrons. The zero-order chi connectivity index (χ0) is 32.4. The van der Waals surface area contributed by atoms with E-state index < -0.39 is 11.7 Å². The summed E-state index contributed by atoms with van der Waals surface area (Å²) in [5, 5.41) is 11.4. The van der Waals surface area contributed by atoms with E-state index in [4.69, 9.17) is 14.5 Å². The minimum atomic E-state index is -0.588. The number of methoxy groups -OCH3 is 1. The highest BCUT2D eigenvalue weighted by molar-refractivity contribution is 6.00. The van der Waals surface area contributed by atoms with Gasteiger partial charge in [-0.05, 0) is 82.6 Å². The topological polar surface area (TPSA) is 119 Å². The molecule has 8 rings (SSSR count). The third kappa shape index (κ3) is 5.41. The summed E-state index contributed by atoms with van der Waals surface area (Å²) < 4.78 is 16.1. The second-order valence-corrected chi connectivity index (χ2v) is 14.4. The van der Waals surface area contributed by atoms with Gasteiger partial charge in [-0.15, -0.1) is 0 Å². The Morgan fingerprint density at radius 2 is 1.89 bits per heavy atom. The normalized spacial score (nSPS) is 20.8. The highest BCUT2D eigenvalue weighted by Crippen LogP contribution is 2.41. The summed E-state index contributed by atoms with van der Waals surface area (Å²) in [5.74, 6) is 2.19. The van der Waals surface area contributed by atoms with E-state index in [0.29, 0.717) is 35.8 Å². The fourth-order valence-corrected chi connectivity index (χ4v) is 7.61. The Morgan fingerprint density at radius 1 is 1.06 bits per heavy atom. The molecule has 0 spiro atoms. The van der Waals surface area contributed by atoms with Crippen molar-refractivity contribution in [1.29, 1.82) is 0 Å². The molecule has 3 aliphatic rings. The number of aromatic nitrogens is 5. The fourth-order valence-electron chi connectivity index (χ4n) is 7.61. The number of ether oxygens (including phenoxy) is 2. The maximum atomic E-state index is 14.2. The first kappa shape index (κ1) is 29.6. The van der Waals surface area contributed by atoms with Crippen LogP contribution in [-0.4, -0.2) is 72.6 Å². The fraction of sp³-hybridized carbons (Fsp3) is 0.444. The monoisotopic (exact) mass is 635 g/mol. The quantitative estimate of drug-likeness (QED) is 0.217. The van der Waals surface area contributed by atoms with Crippen molar-refractivity contribution >= 4 is 33.9 Å². The van der Waals surface area contributed by atoms with Gasteiger partial charge < -0.3 is 28.8 Å². The van der Waals surface area contributed by atoms with Gasteiger partial charge in [0, 0.05) is 41.3 Å². The van der Waals surface area contributed by atoms with Gasteiger partial charge in [0.1, 0.15) is 16.9 Å². The largest absolute Gasteiger partial charge is 0.494 e. The van der Waals surface area contributed by atoms with E-state index in [2.05, 4.69) is 55.0 Å².